The lowest BCUT2D eigenvalue weighted by Crippen LogP contribution is -2.40. The van der Waals surface area contributed by atoms with E-state index in [0.717, 1.165) is 37.2 Å². The predicted octanol–water partition coefficient (Wildman–Crippen LogP) is 3.49. The second kappa shape index (κ2) is 5.76. The molecule has 22 heavy (non-hydrogen) atoms. The van der Waals surface area contributed by atoms with Crippen molar-refractivity contribution in [2.45, 2.75) is 39.5 Å². The molecule has 118 valence electrons. The lowest BCUT2D eigenvalue weighted by atomic mass is 9.81. The molecule has 0 spiro atoms. The molecule has 1 aromatic heterocycles. The number of piperidine rings is 1. The number of halogens is 1. The van der Waals surface area contributed by atoms with Gasteiger partial charge in [0.1, 0.15) is 5.15 Å². The van der Waals surface area contributed by atoms with Crippen molar-refractivity contribution in [1.29, 1.82) is 0 Å². The van der Waals surface area contributed by atoms with Gasteiger partial charge in [-0.1, -0.05) is 30.4 Å². The SMILES string of the molecule is CC1(C#Cc2cnc(Cl)cc2N2CCC(C)(CO)CC2)CC1. The molecule has 1 aromatic rings. The molecule has 2 aliphatic rings. The van der Waals surface area contributed by atoms with Gasteiger partial charge < -0.3 is 10.0 Å². The van der Waals surface area contributed by atoms with Crippen molar-refractivity contribution in [2.24, 2.45) is 10.8 Å². The molecule has 1 aliphatic carbocycles. The lowest BCUT2D eigenvalue weighted by Gasteiger charge is -2.39. The van der Waals surface area contributed by atoms with Gasteiger partial charge in [0.25, 0.3) is 0 Å². The molecule has 1 saturated carbocycles. The number of aliphatic hydroxyl groups excluding tert-OH is 1. The standard InChI is InChI=1S/C18H23ClN2O/c1-17(5-6-17)4-3-14-12-20-16(19)11-15(14)21-9-7-18(2,13-22)8-10-21/h11-12,22H,5-10,13H2,1-2H3. The summed E-state index contributed by atoms with van der Waals surface area (Å²) in [4.78, 5) is 6.52. The number of aliphatic hydroxyl groups is 1. The van der Waals surface area contributed by atoms with Crippen LogP contribution in [0.5, 0.6) is 0 Å². The van der Waals surface area contributed by atoms with E-state index in [1.807, 2.05) is 6.07 Å². The molecule has 1 saturated heterocycles. The zero-order chi connectivity index (χ0) is 15.8. The molecule has 0 atom stereocenters. The van der Waals surface area contributed by atoms with Crippen molar-refractivity contribution in [1.82, 2.24) is 4.98 Å². The maximum atomic E-state index is 9.51. The van der Waals surface area contributed by atoms with Gasteiger partial charge in [0.05, 0.1) is 11.3 Å². The average Bonchev–Trinajstić information content (AvgIpc) is 3.25. The summed E-state index contributed by atoms with van der Waals surface area (Å²) in [6.45, 7) is 6.45. The molecule has 1 N–H and O–H groups in total. The Labute approximate surface area is 137 Å². The summed E-state index contributed by atoms with van der Waals surface area (Å²) in [6.07, 6.45) is 6.13. The Morgan fingerprint density at radius 2 is 1.95 bits per heavy atom. The Balaban J connectivity index is 1.83. The van der Waals surface area contributed by atoms with Crippen LogP contribution in [-0.4, -0.2) is 29.8 Å². The van der Waals surface area contributed by atoms with Crippen LogP contribution < -0.4 is 4.90 Å². The molecule has 0 aromatic carbocycles. The summed E-state index contributed by atoms with van der Waals surface area (Å²) >= 11 is 6.10. The van der Waals surface area contributed by atoms with Crippen LogP contribution in [0, 0.1) is 22.7 Å². The smallest absolute Gasteiger partial charge is 0.131 e. The highest BCUT2D eigenvalue weighted by Gasteiger charge is 2.35. The number of rotatable bonds is 2. The molecule has 0 bridgehead atoms. The van der Waals surface area contributed by atoms with Crippen LogP contribution in [0.4, 0.5) is 5.69 Å². The van der Waals surface area contributed by atoms with Crippen molar-refractivity contribution in [3.63, 3.8) is 0 Å². The van der Waals surface area contributed by atoms with E-state index in [9.17, 15) is 5.11 Å². The molecular formula is C18H23ClN2O. The molecule has 0 amide bonds. The third kappa shape index (κ3) is 3.39. The minimum absolute atomic E-state index is 0.0423. The third-order valence-corrected chi connectivity index (χ3v) is 5.25. The van der Waals surface area contributed by atoms with Crippen molar-refractivity contribution in [2.75, 3.05) is 24.6 Å². The van der Waals surface area contributed by atoms with Gasteiger partial charge in [-0.25, -0.2) is 4.98 Å². The van der Waals surface area contributed by atoms with E-state index >= 15 is 0 Å². The van der Waals surface area contributed by atoms with Gasteiger partial charge in [0.15, 0.2) is 0 Å². The first-order chi connectivity index (χ1) is 10.4. The Morgan fingerprint density at radius 1 is 1.27 bits per heavy atom. The number of aromatic nitrogens is 1. The van der Waals surface area contributed by atoms with Crippen molar-refractivity contribution < 1.29 is 5.11 Å². The maximum Gasteiger partial charge on any atom is 0.131 e. The van der Waals surface area contributed by atoms with Crippen molar-refractivity contribution >= 4 is 17.3 Å². The molecular weight excluding hydrogens is 296 g/mol. The van der Waals surface area contributed by atoms with Gasteiger partial charge in [-0.2, -0.15) is 0 Å². The largest absolute Gasteiger partial charge is 0.396 e. The van der Waals surface area contributed by atoms with E-state index in [2.05, 4.69) is 35.6 Å². The monoisotopic (exact) mass is 318 g/mol. The molecule has 0 unspecified atom stereocenters. The molecule has 3 nitrogen and oxygen atoms in total. The van der Waals surface area contributed by atoms with E-state index < -0.39 is 0 Å². The van der Waals surface area contributed by atoms with Crippen molar-refractivity contribution in [3.8, 4) is 11.8 Å². The lowest BCUT2D eigenvalue weighted by molar-refractivity contribution is 0.115. The maximum absolute atomic E-state index is 9.51. The minimum Gasteiger partial charge on any atom is -0.396 e. The second-order valence-electron chi connectivity index (χ2n) is 7.29. The third-order valence-electron chi connectivity index (χ3n) is 5.04. The minimum atomic E-state index is 0.0423. The van der Waals surface area contributed by atoms with Crippen LogP contribution in [0.1, 0.15) is 45.1 Å². The molecule has 0 radical (unpaired) electrons. The summed E-state index contributed by atoms with van der Waals surface area (Å²) < 4.78 is 0. The van der Waals surface area contributed by atoms with E-state index in [1.165, 1.54) is 12.8 Å². The quantitative estimate of drug-likeness (QED) is 0.670. The molecule has 2 fully saturated rings. The first-order valence-electron chi connectivity index (χ1n) is 7.98. The number of anilines is 1. The van der Waals surface area contributed by atoms with Gasteiger partial charge >= 0.3 is 0 Å². The first-order valence-corrected chi connectivity index (χ1v) is 8.35. The van der Waals surface area contributed by atoms with Crippen LogP contribution in [0.2, 0.25) is 5.15 Å². The summed E-state index contributed by atoms with van der Waals surface area (Å²) in [6, 6.07) is 1.92. The van der Waals surface area contributed by atoms with Crippen LogP contribution in [0.25, 0.3) is 0 Å². The topological polar surface area (TPSA) is 36.4 Å². The van der Waals surface area contributed by atoms with Gasteiger partial charge in [0, 0.05) is 37.4 Å². The van der Waals surface area contributed by atoms with Crippen LogP contribution >= 0.6 is 11.6 Å². The summed E-state index contributed by atoms with van der Waals surface area (Å²) in [7, 11) is 0. The summed E-state index contributed by atoms with van der Waals surface area (Å²) in [5.41, 5.74) is 2.29. The second-order valence-corrected chi connectivity index (χ2v) is 7.68. The number of hydrogen-bond donors (Lipinski definition) is 1. The number of hydrogen-bond acceptors (Lipinski definition) is 3. The highest BCUT2D eigenvalue weighted by Crippen LogP contribution is 2.44. The summed E-state index contributed by atoms with van der Waals surface area (Å²) in [5, 5.41) is 10.0. The van der Waals surface area contributed by atoms with Gasteiger partial charge in [-0.3, -0.25) is 0 Å². The van der Waals surface area contributed by atoms with Crippen LogP contribution in [-0.2, 0) is 0 Å². The summed E-state index contributed by atoms with van der Waals surface area (Å²) in [5.74, 6) is 6.69. The molecule has 3 rings (SSSR count). The fourth-order valence-electron chi connectivity index (χ4n) is 2.75. The fraction of sp³-hybridized carbons (Fsp3) is 0.611. The average molecular weight is 319 g/mol. The Bertz CT molecular complexity index is 620. The molecule has 2 heterocycles. The molecule has 1 aliphatic heterocycles. The number of nitrogens with zero attached hydrogens (tertiary/aromatic N) is 2. The Hall–Kier alpha value is -1.24. The first kappa shape index (κ1) is 15.6. The van der Waals surface area contributed by atoms with Crippen LogP contribution in [0.15, 0.2) is 12.3 Å². The highest BCUT2D eigenvalue weighted by molar-refractivity contribution is 6.29. The van der Waals surface area contributed by atoms with Crippen LogP contribution in [0.3, 0.4) is 0 Å². The van der Waals surface area contributed by atoms with Gasteiger partial charge in [-0.05, 0) is 38.0 Å². The van der Waals surface area contributed by atoms with E-state index in [0.29, 0.717) is 5.15 Å². The normalized spacial score (nSPS) is 21.9. The van der Waals surface area contributed by atoms with E-state index in [-0.39, 0.29) is 17.4 Å². The molecule has 4 heteroatoms. The van der Waals surface area contributed by atoms with E-state index in [4.69, 9.17) is 11.6 Å². The predicted molar refractivity (Wildman–Crippen MR) is 90.1 cm³/mol. The van der Waals surface area contributed by atoms with Gasteiger partial charge in [-0.15, -0.1) is 0 Å². The fourth-order valence-corrected chi connectivity index (χ4v) is 2.91. The Kier molecular flexibility index (Phi) is 4.09. The zero-order valence-electron chi connectivity index (χ0n) is 13.3. The Morgan fingerprint density at radius 3 is 2.55 bits per heavy atom. The van der Waals surface area contributed by atoms with E-state index in [1.54, 1.807) is 6.20 Å². The van der Waals surface area contributed by atoms with Crippen molar-refractivity contribution in [3.05, 3.63) is 23.0 Å². The number of pyridine rings is 1. The highest BCUT2D eigenvalue weighted by atomic mass is 35.5. The van der Waals surface area contributed by atoms with Gasteiger partial charge in [0.2, 0.25) is 0 Å². The zero-order valence-corrected chi connectivity index (χ0v) is 14.1.